The minimum atomic E-state index is -0.114. The highest BCUT2D eigenvalue weighted by Crippen LogP contribution is 2.23. The molecule has 0 amide bonds. The molecule has 6 heteroatoms. The van der Waals surface area contributed by atoms with Crippen molar-refractivity contribution in [1.82, 2.24) is 9.97 Å². The van der Waals surface area contributed by atoms with Gasteiger partial charge in [0.25, 0.3) is 5.56 Å². The molecule has 0 aliphatic carbocycles. The van der Waals surface area contributed by atoms with E-state index in [1.807, 2.05) is 52.7 Å². The summed E-state index contributed by atoms with van der Waals surface area (Å²) in [5.74, 6) is 1.58. The smallest absolute Gasteiger partial charge is 0.266 e. The van der Waals surface area contributed by atoms with Gasteiger partial charge in [-0.15, -0.1) is 0 Å². The normalized spacial score (nSPS) is 12.0. The number of benzene rings is 1. The highest BCUT2D eigenvalue weighted by Gasteiger charge is 2.17. The summed E-state index contributed by atoms with van der Waals surface area (Å²) >= 11 is 2.03. The predicted octanol–water partition coefficient (Wildman–Crippen LogP) is 2.45. The lowest BCUT2D eigenvalue weighted by molar-refractivity contribution is 0.408. The molecule has 0 saturated heterocycles. The van der Waals surface area contributed by atoms with E-state index in [2.05, 4.69) is 23.0 Å². The quantitative estimate of drug-likeness (QED) is 0.785. The number of nitrogens with zero attached hydrogens (tertiary/aromatic N) is 2. The minimum Gasteiger partial charge on any atom is -0.496 e. The number of ether oxygens (including phenoxy) is 1. The molecule has 0 aliphatic rings. The Morgan fingerprint density at radius 2 is 2.14 bits per heavy atom. The van der Waals surface area contributed by atoms with Gasteiger partial charge in [0.15, 0.2) is 0 Å². The largest absolute Gasteiger partial charge is 0.496 e. The van der Waals surface area contributed by atoms with Crippen LogP contribution in [0.4, 0.5) is 5.82 Å². The molecule has 1 atom stereocenters. The van der Waals surface area contributed by atoms with Crippen LogP contribution in [0.15, 0.2) is 35.4 Å². The molecule has 21 heavy (non-hydrogen) atoms. The van der Waals surface area contributed by atoms with E-state index in [0.717, 1.165) is 17.7 Å². The lowest BCUT2D eigenvalue weighted by Crippen LogP contribution is -2.33. The Labute approximate surface area is 137 Å². The first-order chi connectivity index (χ1) is 10.0. The number of anilines is 1. The molecule has 0 radical (unpaired) electrons. The maximum atomic E-state index is 11.7. The van der Waals surface area contributed by atoms with Crippen LogP contribution in [0.3, 0.4) is 0 Å². The van der Waals surface area contributed by atoms with E-state index in [1.165, 1.54) is 6.33 Å². The Morgan fingerprint density at radius 3 is 2.86 bits per heavy atom. The molecule has 0 aliphatic heterocycles. The summed E-state index contributed by atoms with van der Waals surface area (Å²) in [6.45, 7) is 2.10. The minimum absolute atomic E-state index is 0.114. The van der Waals surface area contributed by atoms with E-state index < -0.39 is 0 Å². The van der Waals surface area contributed by atoms with Crippen molar-refractivity contribution >= 4 is 28.4 Å². The zero-order chi connectivity index (χ0) is 15.4. The Bertz CT molecular complexity index is 672. The lowest BCUT2D eigenvalue weighted by atomic mass is 10.1. The fraction of sp³-hybridized carbons (Fsp3) is 0.333. The third-order valence-electron chi connectivity index (χ3n) is 3.48. The van der Waals surface area contributed by atoms with Crippen molar-refractivity contribution in [3.8, 4) is 5.75 Å². The number of hydrogen-bond donors (Lipinski definition) is 1. The molecular weight excluding hydrogens is 381 g/mol. The second-order valence-electron chi connectivity index (χ2n) is 4.85. The number of halogens is 1. The van der Waals surface area contributed by atoms with Gasteiger partial charge in [0.2, 0.25) is 0 Å². The summed E-state index contributed by atoms with van der Waals surface area (Å²) in [5.41, 5.74) is 1.02. The maximum Gasteiger partial charge on any atom is 0.266 e. The first-order valence-electron chi connectivity index (χ1n) is 6.62. The standard InChI is InChI=1S/C15H18IN3O2/c1-10(8-11-6-4-5-7-12(11)21-3)19(2)14-13(16)15(20)18-9-17-14/h4-7,9-10H,8H2,1-3H3,(H,17,18,20). The van der Waals surface area contributed by atoms with Crippen LogP contribution >= 0.6 is 22.6 Å². The zero-order valence-electron chi connectivity index (χ0n) is 12.3. The third kappa shape index (κ3) is 3.55. The van der Waals surface area contributed by atoms with Crippen LogP contribution in [0.5, 0.6) is 5.75 Å². The number of aromatic nitrogens is 2. The van der Waals surface area contributed by atoms with Gasteiger partial charge in [0.05, 0.1) is 13.4 Å². The Morgan fingerprint density at radius 1 is 1.43 bits per heavy atom. The van der Waals surface area contributed by atoms with E-state index in [-0.39, 0.29) is 11.6 Å². The molecule has 5 nitrogen and oxygen atoms in total. The number of rotatable bonds is 5. The van der Waals surface area contributed by atoms with Crippen molar-refractivity contribution in [3.05, 3.63) is 50.1 Å². The number of likely N-dealkylation sites (N-methyl/N-ethyl adjacent to an activating group) is 1. The van der Waals surface area contributed by atoms with Gasteiger partial charge in [-0.2, -0.15) is 0 Å². The summed E-state index contributed by atoms with van der Waals surface area (Å²) in [6, 6.07) is 8.15. The second-order valence-corrected chi connectivity index (χ2v) is 5.92. The zero-order valence-corrected chi connectivity index (χ0v) is 14.4. The molecule has 0 spiro atoms. The van der Waals surface area contributed by atoms with Gasteiger partial charge in [-0.1, -0.05) is 18.2 Å². The summed E-state index contributed by atoms with van der Waals surface area (Å²) in [7, 11) is 3.62. The topological polar surface area (TPSA) is 58.2 Å². The van der Waals surface area contributed by atoms with Crippen LogP contribution < -0.4 is 15.2 Å². The number of H-pyrrole nitrogens is 1. The molecular formula is C15H18IN3O2. The van der Waals surface area contributed by atoms with E-state index in [4.69, 9.17) is 4.74 Å². The number of nitrogens with one attached hydrogen (secondary N) is 1. The molecule has 1 aromatic heterocycles. The SMILES string of the molecule is COc1ccccc1CC(C)N(C)c1nc[nH]c(=O)c1I. The van der Waals surface area contributed by atoms with Crippen LogP contribution in [0.1, 0.15) is 12.5 Å². The Kier molecular flexibility index (Phi) is 5.22. The van der Waals surface area contributed by atoms with Gasteiger partial charge >= 0.3 is 0 Å². The fourth-order valence-electron chi connectivity index (χ4n) is 2.16. The average Bonchev–Trinajstić information content (AvgIpc) is 2.50. The summed E-state index contributed by atoms with van der Waals surface area (Å²) in [4.78, 5) is 20.5. The Hall–Kier alpha value is -1.57. The first-order valence-corrected chi connectivity index (χ1v) is 7.70. The average molecular weight is 399 g/mol. The summed E-state index contributed by atoms with van der Waals surface area (Å²) < 4.78 is 5.99. The van der Waals surface area contributed by atoms with Gasteiger partial charge in [-0.25, -0.2) is 4.98 Å². The predicted molar refractivity (Wildman–Crippen MR) is 92.1 cm³/mol. The summed E-state index contributed by atoms with van der Waals surface area (Å²) in [6.07, 6.45) is 2.25. The number of para-hydroxylation sites is 1. The van der Waals surface area contributed by atoms with Crippen LogP contribution in [0.2, 0.25) is 0 Å². The third-order valence-corrected chi connectivity index (χ3v) is 4.45. The number of hydrogen-bond acceptors (Lipinski definition) is 4. The molecule has 1 unspecified atom stereocenters. The van der Waals surface area contributed by atoms with Crippen LogP contribution in [0, 0.1) is 3.57 Å². The van der Waals surface area contributed by atoms with Crippen LogP contribution in [0.25, 0.3) is 0 Å². The van der Waals surface area contributed by atoms with Crippen molar-refractivity contribution in [2.24, 2.45) is 0 Å². The maximum absolute atomic E-state index is 11.7. The molecule has 0 saturated carbocycles. The molecule has 2 rings (SSSR count). The fourth-order valence-corrected chi connectivity index (χ4v) is 2.83. The monoisotopic (exact) mass is 399 g/mol. The van der Waals surface area contributed by atoms with Gasteiger partial charge in [0, 0.05) is 13.1 Å². The molecule has 1 N–H and O–H groups in total. The van der Waals surface area contributed by atoms with Crippen molar-refractivity contribution < 1.29 is 4.74 Å². The van der Waals surface area contributed by atoms with E-state index >= 15 is 0 Å². The molecule has 112 valence electrons. The van der Waals surface area contributed by atoms with Crippen LogP contribution in [-0.2, 0) is 6.42 Å². The highest BCUT2D eigenvalue weighted by atomic mass is 127. The van der Waals surface area contributed by atoms with Gasteiger partial charge < -0.3 is 14.6 Å². The van der Waals surface area contributed by atoms with Gasteiger partial charge in [0.1, 0.15) is 15.1 Å². The van der Waals surface area contributed by atoms with Crippen molar-refractivity contribution in [1.29, 1.82) is 0 Å². The van der Waals surface area contributed by atoms with Gasteiger partial charge in [-0.05, 0) is 47.6 Å². The first kappa shape index (κ1) is 15.8. The highest BCUT2D eigenvalue weighted by molar-refractivity contribution is 14.1. The van der Waals surface area contributed by atoms with Gasteiger partial charge in [-0.3, -0.25) is 4.79 Å². The van der Waals surface area contributed by atoms with E-state index in [0.29, 0.717) is 9.39 Å². The van der Waals surface area contributed by atoms with Crippen molar-refractivity contribution in [2.75, 3.05) is 19.1 Å². The molecule has 0 fully saturated rings. The second kappa shape index (κ2) is 6.93. The number of methoxy groups -OCH3 is 1. The molecule has 1 heterocycles. The number of aromatic amines is 1. The molecule has 1 aromatic carbocycles. The van der Waals surface area contributed by atoms with Crippen molar-refractivity contribution in [3.63, 3.8) is 0 Å². The van der Waals surface area contributed by atoms with Crippen molar-refractivity contribution in [2.45, 2.75) is 19.4 Å². The molecule has 2 aromatic rings. The van der Waals surface area contributed by atoms with Crippen LogP contribution in [-0.4, -0.2) is 30.2 Å². The Balaban J connectivity index is 2.21. The molecule has 0 bridgehead atoms. The van der Waals surface area contributed by atoms with E-state index in [1.54, 1.807) is 7.11 Å². The van der Waals surface area contributed by atoms with E-state index in [9.17, 15) is 4.79 Å². The summed E-state index contributed by atoms with van der Waals surface area (Å²) in [5, 5.41) is 0. The lowest BCUT2D eigenvalue weighted by Gasteiger charge is -2.27.